The number of nitrogens with one attached hydrogen (secondary N) is 1. The van der Waals surface area contributed by atoms with Gasteiger partial charge in [-0.1, -0.05) is 29.8 Å². The number of aryl methyl sites for hydroxylation is 2. The highest BCUT2D eigenvalue weighted by Gasteiger charge is 2.11. The number of methoxy groups -OCH3 is 1. The number of halogens is 1. The van der Waals surface area contributed by atoms with Gasteiger partial charge in [-0.25, -0.2) is 0 Å². The van der Waals surface area contributed by atoms with Gasteiger partial charge in [0.15, 0.2) is 0 Å². The van der Waals surface area contributed by atoms with Gasteiger partial charge in [0.05, 0.1) is 17.3 Å². The van der Waals surface area contributed by atoms with E-state index in [2.05, 4.69) is 5.32 Å². The molecular formula is C17H18ClNO2. The average molecular weight is 304 g/mol. The molecule has 0 aliphatic heterocycles. The summed E-state index contributed by atoms with van der Waals surface area (Å²) in [6.45, 7) is 4.43. The Hall–Kier alpha value is -1.84. The Morgan fingerprint density at radius 3 is 2.43 bits per heavy atom. The van der Waals surface area contributed by atoms with Gasteiger partial charge in [-0.3, -0.25) is 4.79 Å². The lowest BCUT2D eigenvalue weighted by Gasteiger charge is -2.12. The van der Waals surface area contributed by atoms with Crippen LogP contribution in [0.25, 0.3) is 0 Å². The summed E-state index contributed by atoms with van der Waals surface area (Å²) in [5.74, 6) is -0.173. The molecule has 1 N–H and O–H groups in total. The van der Waals surface area contributed by atoms with Crippen LogP contribution in [0.4, 0.5) is 5.69 Å². The molecular weight excluding hydrogens is 286 g/mol. The molecule has 0 unspecified atom stereocenters. The SMILES string of the molecule is COCc1ccc(C(=O)Nc2c(C)cc(C)cc2Cl)cc1. The first kappa shape index (κ1) is 15.5. The van der Waals surface area contributed by atoms with E-state index >= 15 is 0 Å². The lowest BCUT2D eigenvalue weighted by atomic mass is 10.1. The number of carbonyl (C=O) groups excluding carboxylic acids is 1. The number of benzene rings is 2. The van der Waals surface area contributed by atoms with Crippen LogP contribution in [0, 0.1) is 13.8 Å². The van der Waals surface area contributed by atoms with Crippen LogP contribution in [0.3, 0.4) is 0 Å². The van der Waals surface area contributed by atoms with E-state index in [0.29, 0.717) is 22.9 Å². The maximum absolute atomic E-state index is 12.3. The van der Waals surface area contributed by atoms with Gasteiger partial charge in [0.1, 0.15) is 0 Å². The van der Waals surface area contributed by atoms with Crippen molar-refractivity contribution in [3.8, 4) is 0 Å². The zero-order valence-electron chi connectivity index (χ0n) is 12.4. The predicted molar refractivity (Wildman–Crippen MR) is 86.0 cm³/mol. The Balaban J connectivity index is 2.18. The van der Waals surface area contributed by atoms with Gasteiger partial charge in [-0.15, -0.1) is 0 Å². The Morgan fingerprint density at radius 2 is 1.86 bits per heavy atom. The van der Waals surface area contributed by atoms with E-state index in [1.54, 1.807) is 19.2 Å². The molecule has 21 heavy (non-hydrogen) atoms. The molecule has 0 aliphatic carbocycles. The molecule has 1 amide bonds. The maximum Gasteiger partial charge on any atom is 0.255 e. The minimum atomic E-state index is -0.173. The van der Waals surface area contributed by atoms with Crippen LogP contribution in [0.15, 0.2) is 36.4 Å². The van der Waals surface area contributed by atoms with Gasteiger partial charge in [-0.05, 0) is 48.7 Å². The molecule has 0 radical (unpaired) electrons. The molecule has 0 aromatic heterocycles. The quantitative estimate of drug-likeness (QED) is 0.911. The second-order valence-corrected chi connectivity index (χ2v) is 5.43. The molecule has 0 saturated carbocycles. The predicted octanol–water partition coefficient (Wildman–Crippen LogP) is 4.36. The van der Waals surface area contributed by atoms with Crippen LogP contribution in [0.2, 0.25) is 5.02 Å². The number of rotatable bonds is 4. The number of hydrogen-bond donors (Lipinski definition) is 1. The summed E-state index contributed by atoms with van der Waals surface area (Å²) >= 11 is 6.20. The molecule has 4 heteroatoms. The standard InChI is InChI=1S/C17H18ClNO2/c1-11-8-12(2)16(15(18)9-11)19-17(20)14-6-4-13(5-7-14)10-21-3/h4-9H,10H2,1-3H3,(H,19,20). The summed E-state index contributed by atoms with van der Waals surface area (Å²) in [5, 5.41) is 3.42. The third-order valence-corrected chi connectivity index (χ3v) is 3.50. The van der Waals surface area contributed by atoms with Crippen molar-refractivity contribution in [3.63, 3.8) is 0 Å². The van der Waals surface area contributed by atoms with Crippen molar-refractivity contribution >= 4 is 23.2 Å². The molecule has 0 spiro atoms. The van der Waals surface area contributed by atoms with Crippen LogP contribution >= 0.6 is 11.6 Å². The second-order valence-electron chi connectivity index (χ2n) is 5.02. The zero-order chi connectivity index (χ0) is 15.4. The summed E-state index contributed by atoms with van der Waals surface area (Å²) < 4.78 is 5.05. The second kappa shape index (κ2) is 6.74. The van der Waals surface area contributed by atoms with E-state index in [1.807, 2.05) is 38.1 Å². The first-order valence-electron chi connectivity index (χ1n) is 6.67. The topological polar surface area (TPSA) is 38.3 Å². The first-order chi connectivity index (χ1) is 10.0. The fourth-order valence-corrected chi connectivity index (χ4v) is 2.55. The monoisotopic (exact) mass is 303 g/mol. The molecule has 0 heterocycles. The molecule has 0 atom stereocenters. The summed E-state index contributed by atoms with van der Waals surface area (Å²) in [6.07, 6.45) is 0. The minimum absolute atomic E-state index is 0.173. The van der Waals surface area contributed by atoms with Crippen molar-refractivity contribution in [2.24, 2.45) is 0 Å². The maximum atomic E-state index is 12.3. The molecule has 2 aromatic rings. The van der Waals surface area contributed by atoms with Crippen molar-refractivity contribution in [2.75, 3.05) is 12.4 Å². The van der Waals surface area contributed by atoms with Crippen molar-refractivity contribution in [1.29, 1.82) is 0 Å². The fourth-order valence-electron chi connectivity index (χ4n) is 2.18. The number of carbonyl (C=O) groups is 1. The third-order valence-electron chi connectivity index (χ3n) is 3.20. The molecule has 2 rings (SSSR count). The summed E-state index contributed by atoms with van der Waals surface area (Å²) in [7, 11) is 1.64. The Labute approximate surface area is 129 Å². The smallest absolute Gasteiger partial charge is 0.255 e. The van der Waals surface area contributed by atoms with Crippen LogP contribution in [-0.4, -0.2) is 13.0 Å². The van der Waals surface area contributed by atoms with Gasteiger partial charge in [0.25, 0.3) is 5.91 Å². The molecule has 2 aromatic carbocycles. The van der Waals surface area contributed by atoms with Crippen molar-refractivity contribution in [2.45, 2.75) is 20.5 Å². The molecule has 0 aliphatic rings. The number of anilines is 1. The van der Waals surface area contributed by atoms with E-state index in [-0.39, 0.29) is 5.91 Å². The van der Waals surface area contributed by atoms with E-state index < -0.39 is 0 Å². The van der Waals surface area contributed by atoms with E-state index in [9.17, 15) is 4.79 Å². The molecule has 3 nitrogen and oxygen atoms in total. The number of amides is 1. The highest BCUT2D eigenvalue weighted by molar-refractivity contribution is 6.34. The van der Waals surface area contributed by atoms with Crippen LogP contribution in [0.5, 0.6) is 0 Å². The molecule has 110 valence electrons. The van der Waals surface area contributed by atoms with Crippen molar-refractivity contribution in [3.05, 3.63) is 63.7 Å². The van der Waals surface area contributed by atoms with Crippen molar-refractivity contribution < 1.29 is 9.53 Å². The van der Waals surface area contributed by atoms with E-state index in [4.69, 9.17) is 16.3 Å². The minimum Gasteiger partial charge on any atom is -0.380 e. The normalized spacial score (nSPS) is 10.5. The van der Waals surface area contributed by atoms with Gasteiger partial charge in [0.2, 0.25) is 0 Å². The highest BCUT2D eigenvalue weighted by atomic mass is 35.5. The van der Waals surface area contributed by atoms with Crippen LogP contribution < -0.4 is 5.32 Å². The lowest BCUT2D eigenvalue weighted by Crippen LogP contribution is -2.13. The molecule has 0 saturated heterocycles. The van der Waals surface area contributed by atoms with Crippen molar-refractivity contribution in [1.82, 2.24) is 0 Å². The molecule has 0 bridgehead atoms. The van der Waals surface area contributed by atoms with Gasteiger partial charge in [0, 0.05) is 12.7 Å². The highest BCUT2D eigenvalue weighted by Crippen LogP contribution is 2.27. The van der Waals surface area contributed by atoms with Gasteiger partial charge in [-0.2, -0.15) is 0 Å². The summed E-state index contributed by atoms with van der Waals surface area (Å²) in [6, 6.07) is 11.1. The van der Waals surface area contributed by atoms with Gasteiger partial charge < -0.3 is 10.1 Å². The fraction of sp³-hybridized carbons (Fsp3) is 0.235. The third kappa shape index (κ3) is 3.84. The van der Waals surface area contributed by atoms with Crippen LogP contribution in [0.1, 0.15) is 27.0 Å². The largest absolute Gasteiger partial charge is 0.380 e. The first-order valence-corrected chi connectivity index (χ1v) is 7.05. The van der Waals surface area contributed by atoms with Crippen LogP contribution in [-0.2, 0) is 11.3 Å². The lowest BCUT2D eigenvalue weighted by molar-refractivity contribution is 0.102. The van der Waals surface area contributed by atoms with E-state index in [0.717, 1.165) is 16.7 Å². The van der Waals surface area contributed by atoms with E-state index in [1.165, 1.54) is 0 Å². The van der Waals surface area contributed by atoms with Gasteiger partial charge >= 0.3 is 0 Å². The zero-order valence-corrected chi connectivity index (χ0v) is 13.1. The molecule has 0 fully saturated rings. The Morgan fingerprint density at radius 1 is 1.19 bits per heavy atom. The Kier molecular flexibility index (Phi) is 4.99. The summed E-state index contributed by atoms with van der Waals surface area (Å²) in [4.78, 5) is 12.3. The number of hydrogen-bond acceptors (Lipinski definition) is 2. The average Bonchev–Trinajstić information content (AvgIpc) is 2.43. The Bertz CT molecular complexity index is 627. The summed E-state index contributed by atoms with van der Waals surface area (Å²) in [5.41, 5.74) is 4.29. The number of ether oxygens (including phenoxy) is 1.